The highest BCUT2D eigenvalue weighted by molar-refractivity contribution is 7.89. The van der Waals surface area contributed by atoms with Gasteiger partial charge in [0.2, 0.25) is 10.0 Å². The van der Waals surface area contributed by atoms with Gasteiger partial charge < -0.3 is 4.90 Å². The number of hydrogen-bond donors (Lipinski definition) is 0. The molecule has 1 aromatic heterocycles. The Morgan fingerprint density at radius 1 is 1.58 bits per heavy atom. The number of likely N-dealkylation sites (N-methyl/N-ethyl adjacent to an activating group) is 2. The Kier molecular flexibility index (Phi) is 4.89. The molecule has 0 amide bonds. The third-order valence-electron chi connectivity index (χ3n) is 3.65. The maximum atomic E-state index is 12.5. The Morgan fingerprint density at radius 3 is 2.89 bits per heavy atom. The number of likely N-dealkylation sites (tertiary alicyclic amines) is 1. The predicted molar refractivity (Wildman–Crippen MR) is 79.3 cm³/mol. The molecule has 1 fully saturated rings. The lowest BCUT2D eigenvalue weighted by Crippen LogP contribution is -2.39. The van der Waals surface area contributed by atoms with Gasteiger partial charge in [-0.05, 0) is 37.9 Å². The standard InChI is InChI=1S/C12H19ClN2O2S2/c1-14-6-3-4-10(14)9-15(2)19(16,17)12-5-7-18-11(12)8-13/h5,7,10H,3-4,6,8-9H2,1-2H3. The average molecular weight is 323 g/mol. The number of hydrogen-bond acceptors (Lipinski definition) is 4. The van der Waals surface area contributed by atoms with Gasteiger partial charge in [-0.1, -0.05) is 0 Å². The molecule has 0 aromatic carbocycles. The van der Waals surface area contributed by atoms with E-state index in [1.807, 2.05) is 7.05 Å². The smallest absolute Gasteiger partial charge is 0.244 e. The van der Waals surface area contributed by atoms with Gasteiger partial charge in [-0.25, -0.2) is 8.42 Å². The molecule has 1 aliphatic heterocycles. The summed E-state index contributed by atoms with van der Waals surface area (Å²) in [5.41, 5.74) is 0. The fourth-order valence-electron chi connectivity index (χ4n) is 2.43. The van der Waals surface area contributed by atoms with Gasteiger partial charge in [-0.2, -0.15) is 4.31 Å². The molecule has 108 valence electrons. The van der Waals surface area contributed by atoms with E-state index in [-0.39, 0.29) is 5.88 Å². The molecule has 0 bridgehead atoms. The summed E-state index contributed by atoms with van der Waals surface area (Å²) in [7, 11) is 0.282. The van der Waals surface area contributed by atoms with Gasteiger partial charge in [0.1, 0.15) is 0 Å². The molecule has 7 heteroatoms. The Bertz CT molecular complexity index is 530. The van der Waals surface area contributed by atoms with Crippen LogP contribution in [-0.4, -0.2) is 50.8 Å². The topological polar surface area (TPSA) is 40.6 Å². The molecule has 4 nitrogen and oxygen atoms in total. The highest BCUT2D eigenvalue weighted by atomic mass is 35.5. The number of rotatable bonds is 5. The van der Waals surface area contributed by atoms with Crippen LogP contribution < -0.4 is 0 Å². The fraction of sp³-hybridized carbons (Fsp3) is 0.667. The molecular formula is C12H19ClN2O2S2. The quantitative estimate of drug-likeness (QED) is 0.780. The lowest BCUT2D eigenvalue weighted by atomic mass is 10.2. The van der Waals surface area contributed by atoms with Crippen LogP contribution in [-0.2, 0) is 15.9 Å². The zero-order valence-electron chi connectivity index (χ0n) is 11.2. The first-order chi connectivity index (χ1) is 8.96. The highest BCUT2D eigenvalue weighted by Gasteiger charge is 2.29. The number of alkyl halides is 1. The number of thiophene rings is 1. The van der Waals surface area contributed by atoms with E-state index in [1.165, 1.54) is 15.6 Å². The van der Waals surface area contributed by atoms with Crippen LogP contribution in [0, 0.1) is 0 Å². The minimum Gasteiger partial charge on any atom is -0.302 e. The maximum absolute atomic E-state index is 12.5. The Morgan fingerprint density at radius 2 is 2.32 bits per heavy atom. The van der Waals surface area contributed by atoms with Crippen molar-refractivity contribution in [3.63, 3.8) is 0 Å². The molecule has 0 N–H and O–H groups in total. The second-order valence-electron chi connectivity index (χ2n) is 4.90. The van der Waals surface area contributed by atoms with E-state index in [2.05, 4.69) is 4.90 Å². The van der Waals surface area contributed by atoms with E-state index in [4.69, 9.17) is 11.6 Å². The molecule has 1 aromatic rings. The molecular weight excluding hydrogens is 304 g/mol. The first kappa shape index (κ1) is 15.3. The van der Waals surface area contributed by atoms with Crippen molar-refractivity contribution in [1.82, 2.24) is 9.21 Å². The average Bonchev–Trinajstić information content (AvgIpc) is 2.98. The van der Waals surface area contributed by atoms with Crippen molar-refractivity contribution >= 4 is 33.0 Å². The molecule has 1 atom stereocenters. The van der Waals surface area contributed by atoms with E-state index in [0.717, 1.165) is 19.4 Å². The van der Waals surface area contributed by atoms with Crippen LogP contribution >= 0.6 is 22.9 Å². The van der Waals surface area contributed by atoms with E-state index in [9.17, 15) is 8.42 Å². The normalized spacial score (nSPS) is 21.4. The number of sulfonamides is 1. The molecule has 0 saturated carbocycles. The van der Waals surface area contributed by atoms with Gasteiger partial charge in [-0.3, -0.25) is 0 Å². The zero-order chi connectivity index (χ0) is 14.0. The summed E-state index contributed by atoms with van der Waals surface area (Å²) < 4.78 is 26.5. The number of nitrogens with zero attached hydrogens (tertiary/aromatic N) is 2. The summed E-state index contributed by atoms with van der Waals surface area (Å²) in [5, 5.41) is 1.78. The summed E-state index contributed by atoms with van der Waals surface area (Å²) in [6.07, 6.45) is 2.20. The van der Waals surface area contributed by atoms with Crippen molar-refractivity contribution in [2.75, 3.05) is 27.2 Å². The Hall–Kier alpha value is -0.140. The second-order valence-corrected chi connectivity index (χ2v) is 8.19. The van der Waals surface area contributed by atoms with Crippen LogP contribution in [0.4, 0.5) is 0 Å². The molecule has 0 spiro atoms. The molecule has 19 heavy (non-hydrogen) atoms. The van der Waals surface area contributed by atoms with Crippen LogP contribution in [0.15, 0.2) is 16.3 Å². The monoisotopic (exact) mass is 322 g/mol. The summed E-state index contributed by atoms with van der Waals surface area (Å²) in [6, 6.07) is 1.96. The SMILES string of the molecule is CN1CCCC1CN(C)S(=O)(=O)c1ccsc1CCl. The van der Waals surface area contributed by atoms with Crippen molar-refractivity contribution in [3.8, 4) is 0 Å². The van der Waals surface area contributed by atoms with Crippen molar-refractivity contribution < 1.29 is 8.42 Å². The third-order valence-corrected chi connectivity index (χ3v) is 7.04. The molecule has 1 unspecified atom stereocenters. The van der Waals surface area contributed by atoms with Crippen LogP contribution in [0.5, 0.6) is 0 Å². The summed E-state index contributed by atoms with van der Waals surface area (Å²) in [4.78, 5) is 3.30. The summed E-state index contributed by atoms with van der Waals surface area (Å²) in [5.74, 6) is 0.239. The van der Waals surface area contributed by atoms with Gasteiger partial charge in [0, 0.05) is 24.5 Å². The van der Waals surface area contributed by atoms with E-state index < -0.39 is 10.0 Å². The molecule has 1 aliphatic rings. The summed E-state index contributed by atoms with van der Waals surface area (Å²) >= 11 is 7.19. The molecule has 0 aliphatic carbocycles. The second kappa shape index (κ2) is 6.10. The first-order valence-corrected chi connectivity index (χ1v) is 9.11. The van der Waals surface area contributed by atoms with Crippen LogP contribution in [0.1, 0.15) is 17.7 Å². The van der Waals surface area contributed by atoms with Gasteiger partial charge in [0.05, 0.1) is 10.8 Å². The van der Waals surface area contributed by atoms with Crippen molar-refractivity contribution in [3.05, 3.63) is 16.3 Å². The van der Waals surface area contributed by atoms with Crippen molar-refractivity contribution in [2.24, 2.45) is 0 Å². The summed E-state index contributed by atoms with van der Waals surface area (Å²) in [6.45, 7) is 1.58. The zero-order valence-corrected chi connectivity index (χ0v) is 13.6. The fourth-order valence-corrected chi connectivity index (χ4v) is 5.31. The minimum absolute atomic E-state index is 0.239. The van der Waals surface area contributed by atoms with E-state index in [1.54, 1.807) is 18.5 Å². The largest absolute Gasteiger partial charge is 0.302 e. The third kappa shape index (κ3) is 3.13. The van der Waals surface area contributed by atoms with Gasteiger partial charge in [0.25, 0.3) is 0 Å². The molecule has 2 rings (SSSR count). The van der Waals surface area contributed by atoms with Gasteiger partial charge in [0.15, 0.2) is 0 Å². The molecule has 1 saturated heterocycles. The predicted octanol–water partition coefficient (Wildman–Crippen LogP) is 2.20. The first-order valence-electron chi connectivity index (χ1n) is 6.25. The van der Waals surface area contributed by atoms with E-state index >= 15 is 0 Å². The highest BCUT2D eigenvalue weighted by Crippen LogP contribution is 2.27. The van der Waals surface area contributed by atoms with Gasteiger partial charge >= 0.3 is 0 Å². The van der Waals surface area contributed by atoms with Crippen molar-refractivity contribution in [1.29, 1.82) is 0 Å². The minimum atomic E-state index is -3.42. The lowest BCUT2D eigenvalue weighted by Gasteiger charge is -2.25. The lowest BCUT2D eigenvalue weighted by molar-refractivity contribution is 0.271. The van der Waals surface area contributed by atoms with Crippen LogP contribution in [0.2, 0.25) is 0 Å². The Labute approximate surface area is 124 Å². The van der Waals surface area contributed by atoms with Gasteiger partial charge in [-0.15, -0.1) is 22.9 Å². The number of halogens is 1. The maximum Gasteiger partial charge on any atom is 0.244 e. The molecule has 0 radical (unpaired) electrons. The van der Waals surface area contributed by atoms with Crippen molar-refractivity contribution in [2.45, 2.75) is 29.7 Å². The van der Waals surface area contributed by atoms with Crippen LogP contribution in [0.3, 0.4) is 0 Å². The Balaban J connectivity index is 2.15. The molecule has 2 heterocycles. The van der Waals surface area contributed by atoms with Crippen LogP contribution in [0.25, 0.3) is 0 Å². The van der Waals surface area contributed by atoms with E-state index in [0.29, 0.717) is 22.4 Å².